The zero-order chi connectivity index (χ0) is 14.8. The van der Waals surface area contributed by atoms with E-state index in [9.17, 15) is 9.18 Å². The first-order chi connectivity index (χ1) is 10.1. The Hall–Kier alpha value is -1.13. The topological polar surface area (TPSA) is 32.3 Å². The summed E-state index contributed by atoms with van der Waals surface area (Å²) in [5, 5.41) is 3.80. The molecule has 0 atom stereocenters. The van der Waals surface area contributed by atoms with Gasteiger partial charge >= 0.3 is 0 Å². The fourth-order valence-corrected chi connectivity index (χ4v) is 2.97. The van der Waals surface area contributed by atoms with Gasteiger partial charge in [0.1, 0.15) is 5.82 Å². The van der Waals surface area contributed by atoms with Gasteiger partial charge in [0.2, 0.25) is 5.91 Å². The third-order valence-corrected chi connectivity index (χ3v) is 4.56. The van der Waals surface area contributed by atoms with Crippen molar-refractivity contribution < 1.29 is 9.18 Å². The molecule has 1 heterocycles. The fourth-order valence-electron chi connectivity index (χ4n) is 2.81. The van der Waals surface area contributed by atoms with Crippen LogP contribution in [0.25, 0.3) is 0 Å². The van der Waals surface area contributed by atoms with Crippen LogP contribution >= 0.6 is 11.6 Å². The molecule has 114 valence electrons. The molecule has 1 saturated carbocycles. The quantitative estimate of drug-likeness (QED) is 0.927. The monoisotopic (exact) mass is 310 g/mol. The van der Waals surface area contributed by atoms with Gasteiger partial charge in [-0.3, -0.25) is 4.79 Å². The van der Waals surface area contributed by atoms with Gasteiger partial charge < -0.3 is 10.2 Å². The lowest BCUT2D eigenvalue weighted by Gasteiger charge is -2.32. The Kier molecular flexibility index (Phi) is 4.45. The van der Waals surface area contributed by atoms with Crippen molar-refractivity contribution in [2.24, 2.45) is 5.92 Å². The van der Waals surface area contributed by atoms with Gasteiger partial charge in [-0.1, -0.05) is 17.7 Å². The molecule has 1 saturated heterocycles. The van der Waals surface area contributed by atoms with Gasteiger partial charge in [-0.15, -0.1) is 0 Å². The van der Waals surface area contributed by atoms with Crippen LogP contribution in [0.2, 0.25) is 5.02 Å². The Labute approximate surface area is 129 Å². The van der Waals surface area contributed by atoms with Crippen molar-refractivity contribution in [3.63, 3.8) is 0 Å². The maximum Gasteiger partial charge on any atom is 0.225 e. The number of benzene rings is 1. The van der Waals surface area contributed by atoms with Gasteiger partial charge in [-0.2, -0.15) is 0 Å². The van der Waals surface area contributed by atoms with E-state index >= 15 is 0 Å². The Morgan fingerprint density at radius 1 is 1.29 bits per heavy atom. The van der Waals surface area contributed by atoms with Gasteiger partial charge in [0.15, 0.2) is 0 Å². The summed E-state index contributed by atoms with van der Waals surface area (Å²) in [6.07, 6.45) is 4.00. The third kappa shape index (κ3) is 3.74. The summed E-state index contributed by atoms with van der Waals surface area (Å²) in [4.78, 5) is 14.0. The Bertz CT molecular complexity index is 525. The molecule has 1 N–H and O–H groups in total. The highest BCUT2D eigenvalue weighted by molar-refractivity contribution is 6.30. The number of nitrogens with zero attached hydrogens (tertiary/aromatic N) is 1. The number of hydrogen-bond acceptors (Lipinski definition) is 2. The highest BCUT2D eigenvalue weighted by atomic mass is 35.5. The van der Waals surface area contributed by atoms with E-state index in [1.54, 1.807) is 12.1 Å². The summed E-state index contributed by atoms with van der Waals surface area (Å²) in [6.45, 7) is 2.14. The van der Waals surface area contributed by atoms with Crippen LogP contribution in [0.1, 0.15) is 31.2 Å². The second-order valence-electron chi connectivity index (χ2n) is 5.99. The molecule has 1 aliphatic heterocycles. The molecule has 5 heteroatoms. The molecule has 2 aliphatic rings. The molecule has 0 radical (unpaired) electrons. The molecule has 0 spiro atoms. The molecule has 0 unspecified atom stereocenters. The van der Waals surface area contributed by atoms with Crippen molar-refractivity contribution in [3.8, 4) is 0 Å². The smallest absolute Gasteiger partial charge is 0.225 e. The maximum absolute atomic E-state index is 13.7. The normalized spacial score (nSPS) is 19.8. The molecule has 1 amide bonds. The van der Waals surface area contributed by atoms with E-state index in [0.29, 0.717) is 35.0 Å². The van der Waals surface area contributed by atoms with Crippen LogP contribution in [0.4, 0.5) is 4.39 Å². The first kappa shape index (κ1) is 14.8. The predicted octanol–water partition coefficient (Wildman–Crippen LogP) is 2.97. The minimum atomic E-state index is -0.267. The Morgan fingerprint density at radius 3 is 2.62 bits per heavy atom. The molecule has 1 aliphatic carbocycles. The lowest BCUT2D eigenvalue weighted by molar-refractivity contribution is -0.133. The number of piperidine rings is 1. The molecular weight excluding hydrogens is 291 g/mol. The molecule has 0 aromatic heterocycles. The van der Waals surface area contributed by atoms with E-state index < -0.39 is 0 Å². The van der Waals surface area contributed by atoms with Gasteiger partial charge in [0.05, 0.1) is 0 Å². The first-order valence-electron chi connectivity index (χ1n) is 7.59. The molecule has 3 rings (SSSR count). The van der Waals surface area contributed by atoms with E-state index in [0.717, 1.165) is 38.8 Å². The predicted molar refractivity (Wildman–Crippen MR) is 80.6 cm³/mol. The number of carbonyl (C=O) groups excluding carboxylic acids is 1. The molecule has 0 bridgehead atoms. The third-order valence-electron chi connectivity index (χ3n) is 4.33. The minimum Gasteiger partial charge on any atom is -0.342 e. The summed E-state index contributed by atoms with van der Waals surface area (Å²) in [5.74, 6) is 0.367. The van der Waals surface area contributed by atoms with Crippen LogP contribution in [0.15, 0.2) is 18.2 Å². The number of rotatable bonds is 4. The van der Waals surface area contributed by atoms with Crippen LogP contribution in [-0.4, -0.2) is 29.9 Å². The van der Waals surface area contributed by atoms with E-state index in [4.69, 9.17) is 11.6 Å². The summed E-state index contributed by atoms with van der Waals surface area (Å²) in [6, 6.07) is 5.12. The lowest BCUT2D eigenvalue weighted by Crippen LogP contribution is -2.45. The fraction of sp³-hybridized carbons (Fsp3) is 0.562. The van der Waals surface area contributed by atoms with Crippen LogP contribution < -0.4 is 5.32 Å². The van der Waals surface area contributed by atoms with E-state index in [-0.39, 0.29) is 5.82 Å². The highest BCUT2D eigenvalue weighted by Crippen LogP contribution is 2.31. The van der Waals surface area contributed by atoms with Crippen molar-refractivity contribution >= 4 is 17.5 Å². The van der Waals surface area contributed by atoms with Gasteiger partial charge in [-0.05, 0) is 37.8 Å². The van der Waals surface area contributed by atoms with Crippen LogP contribution in [-0.2, 0) is 11.3 Å². The maximum atomic E-state index is 13.7. The number of nitrogens with one attached hydrogen (secondary N) is 1. The van der Waals surface area contributed by atoms with Crippen molar-refractivity contribution in [1.82, 2.24) is 10.2 Å². The van der Waals surface area contributed by atoms with E-state index in [1.165, 1.54) is 6.07 Å². The van der Waals surface area contributed by atoms with Gasteiger partial charge in [0, 0.05) is 42.2 Å². The van der Waals surface area contributed by atoms with Crippen molar-refractivity contribution in [2.45, 2.75) is 38.3 Å². The number of halogens is 2. The summed E-state index contributed by atoms with van der Waals surface area (Å²) in [7, 11) is 0. The summed E-state index contributed by atoms with van der Waals surface area (Å²) >= 11 is 5.74. The first-order valence-corrected chi connectivity index (χ1v) is 7.97. The van der Waals surface area contributed by atoms with Crippen LogP contribution in [0, 0.1) is 11.7 Å². The van der Waals surface area contributed by atoms with Crippen molar-refractivity contribution in [2.75, 3.05) is 13.1 Å². The molecule has 21 heavy (non-hydrogen) atoms. The number of amides is 1. The zero-order valence-electron chi connectivity index (χ0n) is 11.9. The minimum absolute atomic E-state index is 0.267. The van der Waals surface area contributed by atoms with Crippen molar-refractivity contribution in [3.05, 3.63) is 34.6 Å². The second kappa shape index (κ2) is 6.32. The SMILES string of the molecule is O=C(C1CC1)N1CCC(NCc2ccc(Cl)cc2F)CC1. The van der Waals surface area contributed by atoms with Gasteiger partial charge in [0.25, 0.3) is 0 Å². The van der Waals surface area contributed by atoms with Gasteiger partial charge in [-0.25, -0.2) is 4.39 Å². The van der Waals surface area contributed by atoms with Crippen molar-refractivity contribution in [1.29, 1.82) is 0 Å². The number of likely N-dealkylation sites (tertiary alicyclic amines) is 1. The zero-order valence-corrected chi connectivity index (χ0v) is 12.7. The van der Waals surface area contributed by atoms with Crippen LogP contribution in [0.5, 0.6) is 0 Å². The van der Waals surface area contributed by atoms with E-state index in [1.807, 2.05) is 4.90 Å². The molecule has 1 aromatic rings. The molecule has 2 fully saturated rings. The largest absolute Gasteiger partial charge is 0.342 e. The summed E-state index contributed by atoms with van der Waals surface area (Å²) in [5.41, 5.74) is 0.635. The lowest BCUT2D eigenvalue weighted by atomic mass is 10.0. The standard InChI is InChI=1S/C16H20ClFN2O/c17-13-4-3-12(15(18)9-13)10-19-14-5-7-20(8-6-14)16(21)11-1-2-11/h3-4,9,11,14,19H,1-2,5-8,10H2. The average Bonchev–Trinajstić information content (AvgIpc) is 3.31. The van der Waals surface area contributed by atoms with Crippen LogP contribution in [0.3, 0.4) is 0 Å². The summed E-state index contributed by atoms with van der Waals surface area (Å²) < 4.78 is 13.7. The average molecular weight is 311 g/mol. The Morgan fingerprint density at radius 2 is 2.00 bits per heavy atom. The highest BCUT2D eigenvalue weighted by Gasteiger charge is 2.34. The molecule has 1 aromatic carbocycles. The number of hydrogen-bond donors (Lipinski definition) is 1. The molecular formula is C16H20ClFN2O. The second-order valence-corrected chi connectivity index (χ2v) is 6.43. The molecule has 3 nitrogen and oxygen atoms in total. The number of carbonyl (C=O) groups is 1. The van der Waals surface area contributed by atoms with E-state index in [2.05, 4.69) is 5.32 Å². The Balaban J connectivity index is 1.45.